The summed E-state index contributed by atoms with van der Waals surface area (Å²) in [5.74, 6) is 0.279. The van der Waals surface area contributed by atoms with Crippen molar-refractivity contribution < 1.29 is 14.3 Å². The summed E-state index contributed by atoms with van der Waals surface area (Å²) >= 11 is 0. The van der Waals surface area contributed by atoms with Gasteiger partial charge in [0.25, 0.3) is 0 Å². The van der Waals surface area contributed by atoms with Gasteiger partial charge in [0.05, 0.1) is 19.7 Å². The van der Waals surface area contributed by atoms with Crippen LogP contribution in [0.5, 0.6) is 5.75 Å². The number of nitrogens with one attached hydrogen (secondary N) is 2. The predicted octanol–water partition coefficient (Wildman–Crippen LogP) is 0.842. The molecule has 0 aromatic heterocycles. The van der Waals surface area contributed by atoms with Crippen molar-refractivity contribution in [3.8, 4) is 5.75 Å². The number of carbonyl (C=O) groups is 2. The van der Waals surface area contributed by atoms with E-state index in [0.29, 0.717) is 6.42 Å². The maximum atomic E-state index is 11.9. The molecule has 1 unspecified atom stereocenters. The first-order valence-corrected chi connectivity index (χ1v) is 7.79. The lowest BCUT2D eigenvalue weighted by Crippen LogP contribution is -2.48. The molecule has 6 nitrogen and oxygen atoms in total. The molecule has 23 heavy (non-hydrogen) atoms. The summed E-state index contributed by atoms with van der Waals surface area (Å²) in [7, 11) is 1.62. The van der Waals surface area contributed by atoms with E-state index in [1.165, 1.54) is 0 Å². The van der Waals surface area contributed by atoms with E-state index in [9.17, 15) is 9.59 Å². The fraction of sp³-hybridized carbons (Fsp3) is 0.529. The number of methoxy groups -OCH3 is 1. The van der Waals surface area contributed by atoms with Crippen LogP contribution in [0.25, 0.3) is 0 Å². The lowest BCUT2D eigenvalue weighted by molar-refractivity contribution is -0.127. The molecule has 2 amide bonds. The van der Waals surface area contributed by atoms with Gasteiger partial charge < -0.3 is 21.1 Å². The van der Waals surface area contributed by atoms with Gasteiger partial charge in [-0.3, -0.25) is 9.59 Å². The second-order valence-electron chi connectivity index (χ2n) is 6.01. The number of amides is 2. The Balaban J connectivity index is 2.40. The molecular formula is C17H27N3O3. The standard InChI is InChI=1S/C17H27N3O3/c1-11(2)16(18)17(22)19-10-15(21)20-12(3)8-13-6-5-7-14(9-13)23-4/h5-7,9,11-12,16H,8,10,18H2,1-4H3,(H,19,22)(H,20,21)/t12?,16-/m0/s1. The largest absolute Gasteiger partial charge is 0.497 e. The SMILES string of the molecule is COc1cccc(CC(C)NC(=O)CNC(=O)[C@@H](N)C(C)C)c1. The highest BCUT2D eigenvalue weighted by Crippen LogP contribution is 2.13. The fourth-order valence-corrected chi connectivity index (χ4v) is 2.12. The van der Waals surface area contributed by atoms with Gasteiger partial charge in [-0.15, -0.1) is 0 Å². The van der Waals surface area contributed by atoms with Crippen molar-refractivity contribution in [3.05, 3.63) is 29.8 Å². The zero-order chi connectivity index (χ0) is 17.4. The van der Waals surface area contributed by atoms with Crippen LogP contribution in [0, 0.1) is 5.92 Å². The Morgan fingerprint density at radius 2 is 1.96 bits per heavy atom. The maximum absolute atomic E-state index is 11.9. The predicted molar refractivity (Wildman–Crippen MR) is 90.1 cm³/mol. The minimum Gasteiger partial charge on any atom is -0.497 e. The molecule has 0 heterocycles. The number of carbonyl (C=O) groups excluding carboxylic acids is 2. The highest BCUT2D eigenvalue weighted by molar-refractivity contribution is 5.87. The Hall–Kier alpha value is -2.08. The number of benzene rings is 1. The quantitative estimate of drug-likeness (QED) is 0.661. The average molecular weight is 321 g/mol. The van der Waals surface area contributed by atoms with Crippen molar-refractivity contribution in [3.63, 3.8) is 0 Å². The van der Waals surface area contributed by atoms with Crippen LogP contribution in [0.3, 0.4) is 0 Å². The summed E-state index contributed by atoms with van der Waals surface area (Å²) in [6.07, 6.45) is 0.683. The Bertz CT molecular complexity index is 532. The van der Waals surface area contributed by atoms with E-state index in [1.54, 1.807) is 7.11 Å². The van der Waals surface area contributed by atoms with E-state index in [1.807, 2.05) is 45.0 Å². The van der Waals surface area contributed by atoms with Gasteiger partial charge in [-0.1, -0.05) is 26.0 Å². The first kappa shape index (κ1) is 19.0. The van der Waals surface area contributed by atoms with Crippen molar-refractivity contribution in [1.29, 1.82) is 0 Å². The molecule has 0 bridgehead atoms. The Morgan fingerprint density at radius 1 is 1.26 bits per heavy atom. The second-order valence-corrected chi connectivity index (χ2v) is 6.01. The number of nitrogens with two attached hydrogens (primary N) is 1. The van der Waals surface area contributed by atoms with Crippen molar-refractivity contribution in [2.75, 3.05) is 13.7 Å². The summed E-state index contributed by atoms with van der Waals surface area (Å²) in [4.78, 5) is 23.6. The van der Waals surface area contributed by atoms with Gasteiger partial charge in [-0.05, 0) is 37.0 Å². The number of ether oxygens (including phenoxy) is 1. The van der Waals surface area contributed by atoms with Crippen LogP contribution in [0.1, 0.15) is 26.3 Å². The van der Waals surface area contributed by atoms with E-state index in [-0.39, 0.29) is 30.3 Å². The van der Waals surface area contributed by atoms with Crippen LogP contribution in [0.15, 0.2) is 24.3 Å². The molecule has 0 radical (unpaired) electrons. The molecule has 0 aliphatic carbocycles. The van der Waals surface area contributed by atoms with Gasteiger partial charge in [0.1, 0.15) is 5.75 Å². The highest BCUT2D eigenvalue weighted by atomic mass is 16.5. The molecule has 6 heteroatoms. The zero-order valence-corrected chi connectivity index (χ0v) is 14.3. The lowest BCUT2D eigenvalue weighted by atomic mass is 10.1. The lowest BCUT2D eigenvalue weighted by Gasteiger charge is -2.17. The van der Waals surface area contributed by atoms with Gasteiger partial charge in [-0.2, -0.15) is 0 Å². The molecule has 1 aromatic rings. The third-order valence-corrected chi connectivity index (χ3v) is 3.53. The molecule has 4 N–H and O–H groups in total. The van der Waals surface area contributed by atoms with Crippen molar-refractivity contribution in [1.82, 2.24) is 10.6 Å². The van der Waals surface area contributed by atoms with Crippen LogP contribution >= 0.6 is 0 Å². The van der Waals surface area contributed by atoms with Crippen molar-refractivity contribution in [2.24, 2.45) is 11.7 Å². The molecule has 0 fully saturated rings. The van der Waals surface area contributed by atoms with Gasteiger partial charge in [0, 0.05) is 6.04 Å². The van der Waals surface area contributed by atoms with E-state index in [2.05, 4.69) is 10.6 Å². The summed E-state index contributed by atoms with van der Waals surface area (Å²) in [5.41, 5.74) is 6.79. The first-order chi connectivity index (χ1) is 10.8. The number of hydrogen-bond donors (Lipinski definition) is 3. The topological polar surface area (TPSA) is 93.5 Å². The third kappa shape index (κ3) is 6.69. The maximum Gasteiger partial charge on any atom is 0.239 e. The fourth-order valence-electron chi connectivity index (χ4n) is 2.12. The summed E-state index contributed by atoms with van der Waals surface area (Å²) in [5, 5.41) is 5.41. The van der Waals surface area contributed by atoms with Gasteiger partial charge in [0.2, 0.25) is 11.8 Å². The van der Waals surface area contributed by atoms with Gasteiger partial charge in [-0.25, -0.2) is 0 Å². The molecule has 0 saturated carbocycles. The van der Waals surface area contributed by atoms with Crippen LogP contribution in [-0.4, -0.2) is 37.6 Å². The molecule has 0 saturated heterocycles. The third-order valence-electron chi connectivity index (χ3n) is 3.53. The Labute approximate surface area is 137 Å². The van der Waals surface area contributed by atoms with Crippen molar-refractivity contribution >= 4 is 11.8 Å². The van der Waals surface area contributed by atoms with E-state index in [0.717, 1.165) is 11.3 Å². The van der Waals surface area contributed by atoms with Gasteiger partial charge >= 0.3 is 0 Å². The highest BCUT2D eigenvalue weighted by Gasteiger charge is 2.18. The molecule has 0 spiro atoms. The molecule has 0 aliphatic heterocycles. The smallest absolute Gasteiger partial charge is 0.239 e. The van der Waals surface area contributed by atoms with Crippen molar-refractivity contribution in [2.45, 2.75) is 39.3 Å². The molecular weight excluding hydrogens is 294 g/mol. The number of rotatable bonds is 8. The second kappa shape index (κ2) is 9.15. The normalized spacial score (nSPS) is 13.3. The van der Waals surface area contributed by atoms with Crippen LogP contribution < -0.4 is 21.1 Å². The monoisotopic (exact) mass is 321 g/mol. The van der Waals surface area contributed by atoms with E-state index >= 15 is 0 Å². The molecule has 0 aliphatic rings. The molecule has 1 aromatic carbocycles. The Morgan fingerprint density at radius 3 is 2.57 bits per heavy atom. The summed E-state index contributed by atoms with van der Waals surface area (Å²) in [6, 6.07) is 7.05. The zero-order valence-electron chi connectivity index (χ0n) is 14.3. The van der Waals surface area contributed by atoms with E-state index < -0.39 is 6.04 Å². The minimum atomic E-state index is -0.600. The number of hydrogen-bond acceptors (Lipinski definition) is 4. The summed E-state index contributed by atoms with van der Waals surface area (Å²) in [6.45, 7) is 5.57. The van der Waals surface area contributed by atoms with Crippen LogP contribution in [0.4, 0.5) is 0 Å². The van der Waals surface area contributed by atoms with Gasteiger partial charge in [0.15, 0.2) is 0 Å². The summed E-state index contributed by atoms with van der Waals surface area (Å²) < 4.78 is 5.18. The van der Waals surface area contributed by atoms with Crippen LogP contribution in [0.2, 0.25) is 0 Å². The molecule has 2 atom stereocenters. The van der Waals surface area contributed by atoms with E-state index in [4.69, 9.17) is 10.5 Å². The average Bonchev–Trinajstić information content (AvgIpc) is 2.51. The molecule has 128 valence electrons. The van der Waals surface area contributed by atoms with Crippen LogP contribution in [-0.2, 0) is 16.0 Å². The molecule has 1 rings (SSSR count). The first-order valence-electron chi connectivity index (χ1n) is 7.79. The Kier molecular flexibility index (Phi) is 7.54. The minimum absolute atomic E-state index is 0.0324.